The summed E-state index contributed by atoms with van der Waals surface area (Å²) in [6.45, 7) is 0. The number of nitrogens with zero attached hydrogens (tertiary/aromatic N) is 7. The highest BCUT2D eigenvalue weighted by atomic mass is 35.5. The quantitative estimate of drug-likeness (QED) is 0.158. The summed E-state index contributed by atoms with van der Waals surface area (Å²) >= 11 is 7.46. The minimum absolute atomic E-state index is 0.0353. The van der Waals surface area contributed by atoms with E-state index < -0.39 is 10.8 Å². The molecule has 4 rings (SSSR count). The Bertz CT molecular complexity index is 1370. The standard InChI is InChI=1S/C19H14ClN9O4S/c20-13-7-4-8-14(29(31)32)12(13)9-22-24-19(30)16-15(10-34-11-5-2-1-3-6-11)28(27-23-16)18-17(21)25-33-26-18/h1-9H,10H2,(H2,21,25)(H,24,30)/b22-9+. The van der Waals surface area contributed by atoms with Crippen molar-refractivity contribution in [1.82, 2.24) is 30.7 Å². The number of thioether (sulfide) groups is 1. The smallest absolute Gasteiger partial charge is 0.293 e. The van der Waals surface area contributed by atoms with E-state index in [0.29, 0.717) is 5.69 Å². The van der Waals surface area contributed by atoms with Crippen LogP contribution in [0.4, 0.5) is 11.5 Å². The number of aromatic nitrogens is 5. The topological polar surface area (TPSA) is 180 Å². The van der Waals surface area contributed by atoms with Gasteiger partial charge in [-0.2, -0.15) is 9.78 Å². The Morgan fingerprint density at radius 1 is 1.26 bits per heavy atom. The van der Waals surface area contributed by atoms with Crippen molar-refractivity contribution in [3.8, 4) is 5.82 Å². The lowest BCUT2D eigenvalue weighted by atomic mass is 10.2. The third-order valence-corrected chi connectivity index (χ3v) is 5.73. The molecule has 0 bridgehead atoms. The Morgan fingerprint density at radius 2 is 2.06 bits per heavy atom. The van der Waals surface area contributed by atoms with Gasteiger partial charge in [0.1, 0.15) is 0 Å². The Labute approximate surface area is 200 Å². The van der Waals surface area contributed by atoms with Gasteiger partial charge < -0.3 is 5.73 Å². The van der Waals surface area contributed by atoms with Gasteiger partial charge in [0.25, 0.3) is 11.6 Å². The van der Waals surface area contributed by atoms with Crippen molar-refractivity contribution in [2.75, 3.05) is 5.73 Å². The van der Waals surface area contributed by atoms with Crippen LogP contribution < -0.4 is 11.2 Å². The number of nitrogens with one attached hydrogen (secondary N) is 1. The molecule has 34 heavy (non-hydrogen) atoms. The maximum absolute atomic E-state index is 12.8. The van der Waals surface area contributed by atoms with Gasteiger partial charge in [0, 0.05) is 16.7 Å². The lowest BCUT2D eigenvalue weighted by Gasteiger charge is -2.06. The molecular weight excluding hydrogens is 486 g/mol. The van der Waals surface area contributed by atoms with Crippen molar-refractivity contribution in [2.45, 2.75) is 10.6 Å². The van der Waals surface area contributed by atoms with Crippen molar-refractivity contribution >= 4 is 47.0 Å². The first-order valence-corrected chi connectivity index (χ1v) is 10.8. The number of halogens is 1. The normalized spacial score (nSPS) is 11.1. The van der Waals surface area contributed by atoms with Crippen LogP contribution in [0.5, 0.6) is 0 Å². The average molecular weight is 500 g/mol. The number of anilines is 1. The molecule has 0 atom stereocenters. The fourth-order valence-corrected chi connectivity index (χ4v) is 3.94. The summed E-state index contributed by atoms with van der Waals surface area (Å²) in [6.07, 6.45) is 1.08. The first kappa shape index (κ1) is 22.9. The number of hydrogen-bond acceptors (Lipinski definition) is 11. The lowest BCUT2D eigenvalue weighted by Crippen LogP contribution is -2.20. The van der Waals surface area contributed by atoms with Crippen LogP contribution in [0.25, 0.3) is 5.82 Å². The van der Waals surface area contributed by atoms with Crippen molar-refractivity contribution in [3.63, 3.8) is 0 Å². The number of carbonyl (C=O) groups is 1. The monoisotopic (exact) mass is 499 g/mol. The van der Waals surface area contributed by atoms with Crippen LogP contribution in [0.1, 0.15) is 21.7 Å². The molecule has 1 amide bonds. The molecule has 13 nitrogen and oxygen atoms in total. The second-order valence-electron chi connectivity index (χ2n) is 6.50. The Balaban J connectivity index is 1.60. The first-order valence-electron chi connectivity index (χ1n) is 9.43. The van der Waals surface area contributed by atoms with Gasteiger partial charge in [-0.1, -0.05) is 41.1 Å². The minimum atomic E-state index is -0.712. The van der Waals surface area contributed by atoms with Crippen molar-refractivity contribution in [1.29, 1.82) is 0 Å². The van der Waals surface area contributed by atoms with E-state index in [4.69, 9.17) is 17.3 Å². The summed E-state index contributed by atoms with van der Waals surface area (Å²) < 4.78 is 5.88. The maximum Gasteiger partial charge on any atom is 0.293 e. The average Bonchev–Trinajstić information content (AvgIpc) is 3.44. The molecule has 3 N–H and O–H groups in total. The van der Waals surface area contributed by atoms with Gasteiger partial charge in [0.05, 0.1) is 27.4 Å². The zero-order chi connectivity index (χ0) is 24.1. The van der Waals surface area contributed by atoms with Gasteiger partial charge in [0.2, 0.25) is 11.6 Å². The molecule has 0 fully saturated rings. The molecule has 2 heterocycles. The summed E-state index contributed by atoms with van der Waals surface area (Å²) in [6, 6.07) is 13.7. The Morgan fingerprint density at radius 3 is 2.76 bits per heavy atom. The number of nitro groups is 1. The lowest BCUT2D eigenvalue weighted by molar-refractivity contribution is -0.385. The molecule has 4 aromatic rings. The number of nitrogens with two attached hydrogens (primary N) is 1. The van der Waals surface area contributed by atoms with Gasteiger partial charge in [-0.05, 0) is 28.5 Å². The number of nitro benzene ring substituents is 1. The van der Waals surface area contributed by atoms with E-state index in [-0.39, 0.29) is 39.4 Å². The molecule has 0 unspecified atom stereocenters. The summed E-state index contributed by atoms with van der Waals surface area (Å²) in [5.41, 5.74) is 8.14. The highest BCUT2D eigenvalue weighted by Crippen LogP contribution is 2.26. The van der Waals surface area contributed by atoms with Crippen LogP contribution >= 0.6 is 23.4 Å². The summed E-state index contributed by atoms with van der Waals surface area (Å²) in [5.74, 6) is -0.403. The molecule has 0 saturated carbocycles. The highest BCUT2D eigenvalue weighted by Gasteiger charge is 2.24. The minimum Gasteiger partial charge on any atom is -0.378 e. The van der Waals surface area contributed by atoms with Gasteiger partial charge in [-0.25, -0.2) is 10.1 Å². The zero-order valence-electron chi connectivity index (χ0n) is 17.0. The van der Waals surface area contributed by atoms with Crippen LogP contribution in [-0.4, -0.2) is 42.4 Å². The van der Waals surface area contributed by atoms with Crippen molar-refractivity contribution in [3.05, 3.63) is 80.6 Å². The maximum atomic E-state index is 12.8. The SMILES string of the molecule is Nc1nonc1-n1nnc(C(=O)N/N=C/c2c(Cl)cccc2[N+](=O)[O-])c1CSc1ccccc1. The molecule has 0 saturated heterocycles. The van der Waals surface area contributed by atoms with Crippen LogP contribution in [0.15, 0.2) is 63.2 Å². The summed E-state index contributed by atoms with van der Waals surface area (Å²) in [5, 5.41) is 30.2. The van der Waals surface area contributed by atoms with Gasteiger partial charge in [0.15, 0.2) is 5.69 Å². The fourth-order valence-electron chi connectivity index (χ4n) is 2.80. The summed E-state index contributed by atoms with van der Waals surface area (Å²) in [4.78, 5) is 24.4. The molecule has 0 aliphatic rings. The van der Waals surface area contributed by atoms with Crippen LogP contribution in [0.2, 0.25) is 5.02 Å². The van der Waals surface area contributed by atoms with Gasteiger partial charge >= 0.3 is 0 Å². The fraction of sp³-hybridized carbons (Fsp3) is 0.0526. The number of nitrogen functional groups attached to an aromatic ring is 1. The van der Waals surface area contributed by atoms with E-state index in [1.54, 1.807) is 0 Å². The molecule has 0 aliphatic carbocycles. The number of carbonyl (C=O) groups excluding carboxylic acids is 1. The zero-order valence-corrected chi connectivity index (χ0v) is 18.6. The number of benzene rings is 2. The third-order valence-electron chi connectivity index (χ3n) is 4.38. The number of rotatable bonds is 8. The largest absolute Gasteiger partial charge is 0.378 e. The highest BCUT2D eigenvalue weighted by molar-refractivity contribution is 7.98. The van der Waals surface area contributed by atoms with E-state index in [2.05, 4.69) is 35.8 Å². The molecule has 0 aliphatic heterocycles. The van der Waals surface area contributed by atoms with Crippen LogP contribution in [-0.2, 0) is 5.75 Å². The number of amides is 1. The van der Waals surface area contributed by atoms with E-state index in [0.717, 1.165) is 11.1 Å². The molecule has 0 spiro atoms. The van der Waals surface area contributed by atoms with Crippen LogP contribution in [0.3, 0.4) is 0 Å². The predicted molar refractivity (Wildman–Crippen MR) is 123 cm³/mol. The predicted octanol–water partition coefficient (Wildman–Crippen LogP) is 2.85. The molecule has 172 valence electrons. The van der Waals surface area contributed by atoms with Gasteiger partial charge in [-0.15, -0.1) is 16.9 Å². The third kappa shape index (κ3) is 4.87. The summed E-state index contributed by atoms with van der Waals surface area (Å²) in [7, 11) is 0. The Kier molecular flexibility index (Phi) is 6.79. The second-order valence-corrected chi connectivity index (χ2v) is 7.96. The van der Waals surface area contributed by atoms with Crippen LogP contribution in [0, 0.1) is 10.1 Å². The first-order chi connectivity index (χ1) is 16.5. The molecule has 2 aromatic heterocycles. The van der Waals surface area contributed by atoms with E-state index >= 15 is 0 Å². The van der Waals surface area contributed by atoms with E-state index in [1.807, 2.05) is 30.3 Å². The second kappa shape index (κ2) is 10.1. The van der Waals surface area contributed by atoms with Gasteiger partial charge in [-0.3, -0.25) is 14.9 Å². The molecular formula is C19H14ClN9O4S. The number of hydrogen-bond donors (Lipinski definition) is 2. The number of hydrazone groups is 1. The molecule has 0 radical (unpaired) electrons. The van der Waals surface area contributed by atoms with E-state index in [9.17, 15) is 14.9 Å². The molecule has 2 aromatic carbocycles. The Hall–Kier alpha value is -4.30. The van der Waals surface area contributed by atoms with Crippen molar-refractivity contribution < 1.29 is 14.3 Å². The molecule has 15 heteroatoms. The van der Waals surface area contributed by atoms with E-state index in [1.165, 1.54) is 34.6 Å². The van der Waals surface area contributed by atoms with Crippen molar-refractivity contribution in [2.24, 2.45) is 5.10 Å².